The van der Waals surface area contributed by atoms with E-state index in [0.29, 0.717) is 11.8 Å². The third kappa shape index (κ3) is 4.92. The molecule has 1 aromatic carbocycles. The number of fused-ring (bicyclic) bond motifs is 2. The van der Waals surface area contributed by atoms with Crippen molar-refractivity contribution in [3.63, 3.8) is 0 Å². The summed E-state index contributed by atoms with van der Waals surface area (Å²) in [5.74, 6) is 0.965. The lowest BCUT2D eigenvalue weighted by Gasteiger charge is -2.32. The molecule has 28 heavy (non-hydrogen) atoms. The number of nitrogens with one attached hydrogen (secondary N) is 1. The smallest absolute Gasteiger partial charge is 0.234 e. The molecule has 1 aliphatic carbocycles. The van der Waals surface area contributed by atoms with Crippen LogP contribution in [0.15, 0.2) is 38.3 Å². The topological polar surface area (TPSA) is 54.4 Å². The van der Waals surface area contributed by atoms with Crippen LogP contribution in [0.5, 0.6) is 0 Å². The molecule has 0 bridgehead atoms. The van der Waals surface area contributed by atoms with Crippen LogP contribution in [0.4, 0.5) is 0 Å². The van der Waals surface area contributed by atoms with Gasteiger partial charge in [0.1, 0.15) is 0 Å². The molecule has 1 aliphatic heterocycles. The number of pyridine rings is 1. The zero-order chi connectivity index (χ0) is 20.1. The molecule has 4 rings (SSSR count). The predicted octanol–water partition coefficient (Wildman–Crippen LogP) is 5.44. The summed E-state index contributed by atoms with van der Waals surface area (Å²) < 4.78 is 2.19. The fraction of sp³-hybridized carbons (Fsp3) is 0.429. The van der Waals surface area contributed by atoms with Gasteiger partial charge in [-0.25, -0.2) is 9.79 Å². The summed E-state index contributed by atoms with van der Waals surface area (Å²) in [5, 5.41) is 4.30. The average Bonchev–Trinajstić information content (AvgIpc) is 2.85. The SMILES string of the molecule is CN=C=O.Clc1cc(Br)c2c(c1)CCc1cc(Br)cnc1[C@@H]2C1CCNCC1. The molecule has 2 aliphatic rings. The van der Waals surface area contributed by atoms with Crippen molar-refractivity contribution in [1.82, 2.24) is 10.3 Å². The number of halogens is 3. The highest BCUT2D eigenvalue weighted by molar-refractivity contribution is 9.10. The van der Waals surface area contributed by atoms with Crippen LogP contribution >= 0.6 is 43.5 Å². The third-order valence-corrected chi connectivity index (χ3v) is 6.67. The molecule has 2 aromatic rings. The molecule has 1 fully saturated rings. The van der Waals surface area contributed by atoms with Crippen LogP contribution in [0.2, 0.25) is 5.02 Å². The number of isocyanates is 1. The first-order valence-corrected chi connectivity index (χ1v) is 11.3. The van der Waals surface area contributed by atoms with E-state index in [4.69, 9.17) is 21.4 Å². The first kappa shape index (κ1) is 21.7. The summed E-state index contributed by atoms with van der Waals surface area (Å²) in [5.41, 5.74) is 5.39. The Hall–Kier alpha value is -1.04. The van der Waals surface area contributed by atoms with Crippen LogP contribution in [0, 0.1) is 5.92 Å². The summed E-state index contributed by atoms with van der Waals surface area (Å²) in [6.45, 7) is 2.18. The molecular weight excluding hydrogens is 506 g/mol. The minimum absolute atomic E-state index is 0.347. The Morgan fingerprint density at radius 1 is 1.18 bits per heavy atom. The molecule has 1 saturated heterocycles. The minimum Gasteiger partial charge on any atom is -0.317 e. The van der Waals surface area contributed by atoms with Gasteiger partial charge in [0.05, 0.1) is 5.69 Å². The standard InChI is InChI=1S/C19H19Br2ClN2.C2H3NO/c20-14-7-13-2-1-12-8-15(22)9-16(21)17(12)18(19(13)24-10-14)11-3-5-23-6-4-11;1-3-2-4/h7-11,18,23H,1-6H2;1H3/t18-;/m1./s1. The van der Waals surface area contributed by atoms with Crippen molar-refractivity contribution in [3.05, 3.63) is 60.7 Å². The number of aromatic nitrogens is 1. The van der Waals surface area contributed by atoms with Crippen LogP contribution in [0.25, 0.3) is 0 Å². The van der Waals surface area contributed by atoms with Gasteiger partial charge in [0.25, 0.3) is 0 Å². The van der Waals surface area contributed by atoms with Gasteiger partial charge in [0.2, 0.25) is 6.08 Å². The van der Waals surface area contributed by atoms with Gasteiger partial charge in [0, 0.05) is 33.1 Å². The maximum Gasteiger partial charge on any atom is 0.234 e. The third-order valence-electron chi connectivity index (χ3n) is 5.36. The van der Waals surface area contributed by atoms with E-state index in [9.17, 15) is 0 Å². The van der Waals surface area contributed by atoms with Gasteiger partial charge in [-0.1, -0.05) is 27.5 Å². The lowest BCUT2D eigenvalue weighted by atomic mass is 9.77. The zero-order valence-corrected chi connectivity index (χ0v) is 19.6. The Kier molecular flexibility index (Phi) is 7.84. The van der Waals surface area contributed by atoms with E-state index in [2.05, 4.69) is 54.3 Å². The summed E-state index contributed by atoms with van der Waals surface area (Å²) in [7, 11) is 1.38. The van der Waals surface area contributed by atoms with Crippen molar-refractivity contribution in [2.75, 3.05) is 20.1 Å². The Balaban J connectivity index is 0.000000516. The molecular formula is C21H22Br2ClN3O. The first-order valence-electron chi connectivity index (χ1n) is 9.34. The van der Waals surface area contributed by atoms with Gasteiger partial charge >= 0.3 is 0 Å². The largest absolute Gasteiger partial charge is 0.317 e. The molecule has 0 spiro atoms. The second kappa shape index (κ2) is 10.1. The van der Waals surface area contributed by atoms with Gasteiger partial charge in [-0.15, -0.1) is 0 Å². The maximum atomic E-state index is 8.88. The highest BCUT2D eigenvalue weighted by Gasteiger charge is 2.34. The van der Waals surface area contributed by atoms with Crippen molar-refractivity contribution < 1.29 is 4.79 Å². The average molecular weight is 528 g/mol. The van der Waals surface area contributed by atoms with Crippen molar-refractivity contribution in [2.45, 2.75) is 31.6 Å². The van der Waals surface area contributed by atoms with E-state index in [1.54, 1.807) is 0 Å². The molecule has 1 aromatic heterocycles. The van der Waals surface area contributed by atoms with Gasteiger partial charge in [-0.2, -0.15) is 0 Å². The van der Waals surface area contributed by atoms with Crippen molar-refractivity contribution in [3.8, 4) is 0 Å². The molecule has 1 atom stereocenters. The molecule has 0 saturated carbocycles. The highest BCUT2D eigenvalue weighted by Crippen LogP contribution is 2.45. The van der Waals surface area contributed by atoms with Gasteiger partial charge in [-0.3, -0.25) is 4.98 Å². The Morgan fingerprint density at radius 3 is 2.54 bits per heavy atom. The number of aryl methyl sites for hydroxylation is 2. The fourth-order valence-electron chi connectivity index (χ4n) is 4.21. The molecule has 148 valence electrons. The second-order valence-electron chi connectivity index (χ2n) is 7.04. The van der Waals surface area contributed by atoms with Crippen LogP contribution in [-0.4, -0.2) is 31.2 Å². The quantitative estimate of drug-likeness (QED) is 0.397. The molecule has 1 N–H and O–H groups in total. The lowest BCUT2D eigenvalue weighted by Crippen LogP contribution is -2.32. The number of carbonyl (C=O) groups excluding carboxylic acids is 1. The fourth-order valence-corrected chi connectivity index (χ4v) is 5.71. The van der Waals surface area contributed by atoms with E-state index in [0.717, 1.165) is 39.9 Å². The van der Waals surface area contributed by atoms with E-state index in [1.807, 2.05) is 12.3 Å². The van der Waals surface area contributed by atoms with Gasteiger partial charge < -0.3 is 5.32 Å². The summed E-state index contributed by atoms with van der Waals surface area (Å²) in [6, 6.07) is 6.44. The van der Waals surface area contributed by atoms with Crippen LogP contribution in [-0.2, 0) is 17.6 Å². The predicted molar refractivity (Wildman–Crippen MR) is 120 cm³/mol. The number of rotatable bonds is 1. The molecule has 7 heteroatoms. The summed E-state index contributed by atoms with van der Waals surface area (Å²) in [4.78, 5) is 16.7. The second-order valence-corrected chi connectivity index (χ2v) is 9.24. The van der Waals surface area contributed by atoms with Crippen molar-refractivity contribution in [1.29, 1.82) is 0 Å². The molecule has 0 unspecified atom stereocenters. The lowest BCUT2D eigenvalue weighted by molar-refractivity contribution is 0.338. The summed E-state index contributed by atoms with van der Waals surface area (Å²) >= 11 is 13.7. The van der Waals surface area contributed by atoms with Gasteiger partial charge in [-0.05, 0) is 95.5 Å². The van der Waals surface area contributed by atoms with E-state index in [-0.39, 0.29) is 0 Å². The summed E-state index contributed by atoms with van der Waals surface area (Å²) in [6.07, 6.45) is 7.67. The highest BCUT2D eigenvalue weighted by atomic mass is 79.9. The Labute approximate surface area is 187 Å². The minimum atomic E-state index is 0.347. The number of piperidine rings is 1. The number of nitrogens with zero attached hydrogens (tertiary/aromatic N) is 2. The van der Waals surface area contributed by atoms with Crippen LogP contribution in [0.1, 0.15) is 41.1 Å². The molecule has 0 amide bonds. The number of aliphatic imine (C=N–C) groups is 1. The Morgan fingerprint density at radius 2 is 1.86 bits per heavy atom. The van der Waals surface area contributed by atoms with E-state index >= 15 is 0 Å². The van der Waals surface area contributed by atoms with Crippen LogP contribution < -0.4 is 5.32 Å². The number of benzene rings is 1. The monoisotopic (exact) mass is 525 g/mol. The van der Waals surface area contributed by atoms with Crippen molar-refractivity contribution in [2.24, 2.45) is 10.9 Å². The van der Waals surface area contributed by atoms with Gasteiger partial charge in [0.15, 0.2) is 0 Å². The van der Waals surface area contributed by atoms with E-state index in [1.165, 1.54) is 48.4 Å². The van der Waals surface area contributed by atoms with Crippen LogP contribution in [0.3, 0.4) is 0 Å². The van der Waals surface area contributed by atoms with E-state index < -0.39 is 0 Å². The number of hydrogen-bond acceptors (Lipinski definition) is 4. The molecule has 0 radical (unpaired) electrons. The number of hydrogen-bond donors (Lipinski definition) is 1. The normalized spacial score (nSPS) is 18.6. The maximum absolute atomic E-state index is 8.88. The van der Waals surface area contributed by atoms with Crippen molar-refractivity contribution >= 4 is 49.5 Å². The Bertz CT molecular complexity index is 893. The zero-order valence-electron chi connectivity index (χ0n) is 15.6. The molecule has 4 nitrogen and oxygen atoms in total. The molecule has 2 heterocycles. The first-order chi connectivity index (χ1) is 13.5.